The maximum atomic E-state index is 12.7. The maximum Gasteiger partial charge on any atom is 0.328 e. The molecular weight excluding hydrogens is 344 g/mol. The Balaban J connectivity index is 1.72. The molecule has 1 aliphatic heterocycles. The van der Waals surface area contributed by atoms with Crippen LogP contribution in [0.15, 0.2) is 30.4 Å². The normalized spacial score (nSPS) is 21.9. The van der Waals surface area contributed by atoms with E-state index in [2.05, 4.69) is 16.7 Å². The molecule has 3 atom stereocenters. The van der Waals surface area contributed by atoms with Crippen molar-refractivity contribution < 1.29 is 19.1 Å². The van der Waals surface area contributed by atoms with Crippen LogP contribution in [0.2, 0.25) is 0 Å². The third-order valence-corrected chi connectivity index (χ3v) is 5.42. The van der Waals surface area contributed by atoms with Gasteiger partial charge in [0.1, 0.15) is 6.04 Å². The van der Waals surface area contributed by atoms with E-state index in [1.165, 1.54) is 7.11 Å². The number of hydrogen-bond acceptors (Lipinski definition) is 4. The van der Waals surface area contributed by atoms with Crippen molar-refractivity contribution in [3.05, 3.63) is 41.5 Å². The van der Waals surface area contributed by atoms with Gasteiger partial charge in [0.25, 0.3) is 0 Å². The number of fused-ring (bicyclic) bond motifs is 1. The molecule has 2 aliphatic rings. The minimum absolute atomic E-state index is 0.0159. The predicted octanol–water partition coefficient (Wildman–Crippen LogP) is 2.69. The van der Waals surface area contributed by atoms with Crippen molar-refractivity contribution in [2.45, 2.75) is 51.0 Å². The Hall–Kier alpha value is -2.63. The highest BCUT2D eigenvalue weighted by Crippen LogP contribution is 2.35. The molecule has 0 spiro atoms. The lowest BCUT2D eigenvalue weighted by atomic mass is 9.87. The molecule has 0 fully saturated rings. The van der Waals surface area contributed by atoms with Crippen LogP contribution in [0.4, 0.5) is 5.69 Å². The van der Waals surface area contributed by atoms with Crippen LogP contribution in [0.5, 0.6) is 0 Å². The average Bonchev–Trinajstić information content (AvgIpc) is 3.00. The number of anilines is 1. The number of esters is 1. The lowest BCUT2D eigenvalue weighted by molar-refractivity contribution is -0.147. The summed E-state index contributed by atoms with van der Waals surface area (Å²) in [5.41, 5.74) is 2.73. The minimum Gasteiger partial charge on any atom is -0.467 e. The summed E-state index contributed by atoms with van der Waals surface area (Å²) < 4.78 is 4.89. The van der Waals surface area contributed by atoms with Crippen molar-refractivity contribution in [1.82, 2.24) is 5.32 Å². The first-order chi connectivity index (χ1) is 13.0. The Bertz CT molecular complexity index is 771. The standard InChI is InChI=1S/C21H26N2O4/c1-3-13-9-10-17-15(11-13)16(20(25)22-17)12-18(24)23-19(21(26)27-2)14-7-5-4-6-8-14/h4-5,9-11,14,16,19H,3,6-8,12H2,1-2H3,(H,22,25)(H,23,24). The first kappa shape index (κ1) is 19.1. The minimum atomic E-state index is -0.682. The number of methoxy groups -OCH3 is 1. The lowest BCUT2D eigenvalue weighted by Gasteiger charge is -2.27. The fourth-order valence-corrected chi connectivity index (χ4v) is 3.83. The second-order valence-electron chi connectivity index (χ2n) is 7.13. The molecule has 1 aliphatic carbocycles. The smallest absolute Gasteiger partial charge is 0.328 e. The van der Waals surface area contributed by atoms with E-state index in [1.54, 1.807) is 0 Å². The van der Waals surface area contributed by atoms with Crippen molar-refractivity contribution in [3.8, 4) is 0 Å². The van der Waals surface area contributed by atoms with Crippen LogP contribution in [0, 0.1) is 5.92 Å². The third-order valence-electron chi connectivity index (χ3n) is 5.42. The Kier molecular flexibility index (Phi) is 5.94. The van der Waals surface area contributed by atoms with Gasteiger partial charge in [-0.05, 0) is 48.8 Å². The summed E-state index contributed by atoms with van der Waals surface area (Å²) in [4.78, 5) is 37.2. The number of hydrogen-bond donors (Lipinski definition) is 2. The van der Waals surface area contributed by atoms with Gasteiger partial charge in [0, 0.05) is 12.1 Å². The number of carbonyl (C=O) groups is 3. The van der Waals surface area contributed by atoms with Gasteiger partial charge in [0.15, 0.2) is 0 Å². The topological polar surface area (TPSA) is 84.5 Å². The highest BCUT2D eigenvalue weighted by Gasteiger charge is 2.35. The molecule has 2 N–H and O–H groups in total. The average molecular weight is 370 g/mol. The van der Waals surface area contributed by atoms with E-state index >= 15 is 0 Å². The summed E-state index contributed by atoms with van der Waals surface area (Å²) in [7, 11) is 1.33. The molecule has 3 rings (SSSR count). The Labute approximate surface area is 159 Å². The van der Waals surface area contributed by atoms with Gasteiger partial charge in [-0.15, -0.1) is 0 Å². The fraction of sp³-hybridized carbons (Fsp3) is 0.476. The van der Waals surface area contributed by atoms with Gasteiger partial charge in [-0.3, -0.25) is 9.59 Å². The number of aryl methyl sites for hydroxylation is 1. The molecular formula is C21H26N2O4. The molecule has 0 saturated heterocycles. The molecule has 0 radical (unpaired) electrons. The zero-order valence-corrected chi connectivity index (χ0v) is 15.8. The van der Waals surface area contributed by atoms with Crippen LogP contribution >= 0.6 is 0 Å². The van der Waals surface area contributed by atoms with E-state index in [-0.39, 0.29) is 24.2 Å². The Morgan fingerprint density at radius 3 is 2.81 bits per heavy atom. The van der Waals surface area contributed by atoms with Crippen LogP contribution in [0.1, 0.15) is 49.7 Å². The zero-order chi connectivity index (χ0) is 19.4. The summed E-state index contributed by atoms with van der Waals surface area (Å²) in [6.07, 6.45) is 7.42. The first-order valence-corrected chi connectivity index (χ1v) is 9.49. The van der Waals surface area contributed by atoms with E-state index in [9.17, 15) is 14.4 Å². The van der Waals surface area contributed by atoms with Gasteiger partial charge < -0.3 is 15.4 Å². The van der Waals surface area contributed by atoms with Crippen molar-refractivity contribution >= 4 is 23.5 Å². The second-order valence-corrected chi connectivity index (χ2v) is 7.13. The highest BCUT2D eigenvalue weighted by molar-refractivity contribution is 6.05. The first-order valence-electron chi connectivity index (χ1n) is 9.49. The van der Waals surface area contributed by atoms with E-state index in [1.807, 2.05) is 31.2 Å². The molecule has 6 heteroatoms. The number of rotatable bonds is 6. The summed E-state index contributed by atoms with van der Waals surface area (Å²) in [6.45, 7) is 2.05. The molecule has 1 heterocycles. The quantitative estimate of drug-likeness (QED) is 0.596. The number of amides is 2. The van der Waals surface area contributed by atoms with Gasteiger partial charge in [-0.1, -0.05) is 31.2 Å². The molecule has 1 aromatic carbocycles. The van der Waals surface area contributed by atoms with Crippen LogP contribution in [0.25, 0.3) is 0 Å². The molecule has 27 heavy (non-hydrogen) atoms. The number of ether oxygens (including phenoxy) is 1. The Morgan fingerprint density at radius 1 is 1.33 bits per heavy atom. The monoisotopic (exact) mass is 370 g/mol. The molecule has 3 unspecified atom stereocenters. The molecule has 0 saturated carbocycles. The van der Waals surface area contributed by atoms with Crippen LogP contribution in [-0.4, -0.2) is 30.9 Å². The number of nitrogens with one attached hydrogen (secondary N) is 2. The molecule has 0 bridgehead atoms. The van der Waals surface area contributed by atoms with Crippen LogP contribution < -0.4 is 10.6 Å². The highest BCUT2D eigenvalue weighted by atomic mass is 16.5. The zero-order valence-electron chi connectivity index (χ0n) is 15.8. The molecule has 1 aromatic rings. The van der Waals surface area contributed by atoms with Gasteiger partial charge in [0.2, 0.25) is 11.8 Å². The van der Waals surface area contributed by atoms with Crippen LogP contribution in [0.3, 0.4) is 0 Å². The summed E-state index contributed by atoms with van der Waals surface area (Å²) in [6, 6.07) is 5.16. The summed E-state index contributed by atoms with van der Waals surface area (Å²) in [5.74, 6) is -1.44. The number of allylic oxidation sites excluding steroid dienone is 2. The summed E-state index contributed by atoms with van der Waals surface area (Å²) in [5, 5.41) is 5.65. The molecule has 6 nitrogen and oxygen atoms in total. The maximum absolute atomic E-state index is 12.7. The Morgan fingerprint density at radius 2 is 2.15 bits per heavy atom. The fourth-order valence-electron chi connectivity index (χ4n) is 3.83. The number of carbonyl (C=O) groups excluding carboxylic acids is 3. The number of benzene rings is 1. The van der Waals surface area contributed by atoms with Crippen molar-refractivity contribution in [3.63, 3.8) is 0 Å². The SMILES string of the molecule is CCc1ccc2c(c1)C(CC(=O)NC(C(=O)OC)C1CC=CCC1)C(=O)N2. The van der Waals surface area contributed by atoms with Gasteiger partial charge in [-0.25, -0.2) is 4.79 Å². The van der Waals surface area contributed by atoms with Crippen molar-refractivity contribution in [2.75, 3.05) is 12.4 Å². The van der Waals surface area contributed by atoms with E-state index in [0.29, 0.717) is 0 Å². The molecule has 2 amide bonds. The van der Waals surface area contributed by atoms with Crippen LogP contribution in [-0.2, 0) is 25.5 Å². The van der Waals surface area contributed by atoms with Gasteiger partial charge >= 0.3 is 5.97 Å². The van der Waals surface area contributed by atoms with Crippen molar-refractivity contribution in [1.29, 1.82) is 0 Å². The second kappa shape index (κ2) is 8.37. The van der Waals surface area contributed by atoms with Gasteiger partial charge in [-0.2, -0.15) is 0 Å². The van der Waals surface area contributed by atoms with E-state index < -0.39 is 17.9 Å². The molecule has 0 aromatic heterocycles. The van der Waals surface area contributed by atoms with E-state index in [4.69, 9.17) is 4.74 Å². The molecule has 144 valence electrons. The van der Waals surface area contributed by atoms with Gasteiger partial charge in [0.05, 0.1) is 13.0 Å². The lowest BCUT2D eigenvalue weighted by Crippen LogP contribution is -2.47. The van der Waals surface area contributed by atoms with Crippen molar-refractivity contribution in [2.24, 2.45) is 5.92 Å². The predicted molar refractivity (Wildman–Crippen MR) is 102 cm³/mol. The third kappa shape index (κ3) is 4.21. The van der Waals surface area contributed by atoms with E-state index in [0.717, 1.165) is 42.5 Å². The largest absolute Gasteiger partial charge is 0.467 e. The summed E-state index contributed by atoms with van der Waals surface area (Å²) >= 11 is 0.